The van der Waals surface area contributed by atoms with Gasteiger partial charge in [0.05, 0.1) is 16.7 Å². The maximum Gasteiger partial charge on any atom is 0.335 e. The van der Waals surface area contributed by atoms with Crippen molar-refractivity contribution < 1.29 is 63.0 Å². The van der Waals surface area contributed by atoms with Gasteiger partial charge in [-0.15, -0.1) is 0 Å². The zero-order chi connectivity index (χ0) is 20.1. The number of hydrogen-bond acceptors (Lipinski definition) is 3. The summed E-state index contributed by atoms with van der Waals surface area (Å²) < 4.78 is 0. The molecule has 0 atom stereocenters. The molecule has 0 unspecified atom stereocenters. The molecule has 0 spiro atoms. The van der Waals surface area contributed by atoms with Crippen LogP contribution in [-0.2, 0) is 33.3 Å². The zero-order valence-corrected chi connectivity index (χ0v) is 16.9. The first-order valence-corrected chi connectivity index (χ1v) is 7.77. The standard InChI is InChI=1S/3C7H6O2.Co.Ni/c3*8-7(9)6-4-2-1-3-5-6;;/h3*1-5H,(H,8,9);;. The fourth-order valence-corrected chi connectivity index (χ4v) is 1.74. The van der Waals surface area contributed by atoms with Crippen molar-refractivity contribution in [3.05, 3.63) is 108 Å². The van der Waals surface area contributed by atoms with Gasteiger partial charge in [-0.3, -0.25) is 0 Å². The molecule has 8 heteroatoms. The average molecular weight is 484 g/mol. The first kappa shape index (κ1) is 28.3. The summed E-state index contributed by atoms with van der Waals surface area (Å²) in [6.07, 6.45) is 0. The molecule has 6 nitrogen and oxygen atoms in total. The Morgan fingerprint density at radius 1 is 0.448 bits per heavy atom. The van der Waals surface area contributed by atoms with Gasteiger partial charge < -0.3 is 15.3 Å². The normalized spacial score (nSPS) is 8.28. The van der Waals surface area contributed by atoms with E-state index >= 15 is 0 Å². The SMILES string of the molecule is O=C(O)c1ccccc1.O=C(O)c1ccccc1.O=C(O)c1ccccc1.[Co].[Ni]. The second-order valence-corrected chi connectivity index (χ2v) is 5.01. The summed E-state index contributed by atoms with van der Waals surface area (Å²) in [6, 6.07) is 24.9. The van der Waals surface area contributed by atoms with Crippen molar-refractivity contribution in [3.8, 4) is 0 Å². The van der Waals surface area contributed by atoms with Crippen LogP contribution < -0.4 is 0 Å². The van der Waals surface area contributed by atoms with Crippen LogP contribution in [0.25, 0.3) is 0 Å². The first-order valence-electron chi connectivity index (χ1n) is 7.77. The van der Waals surface area contributed by atoms with Crippen LogP contribution in [0, 0.1) is 0 Å². The molecule has 0 aliphatic carbocycles. The second-order valence-electron chi connectivity index (χ2n) is 5.01. The molecule has 0 heterocycles. The molecule has 0 aromatic heterocycles. The fraction of sp³-hybridized carbons (Fsp3) is 0. The van der Waals surface area contributed by atoms with Gasteiger partial charge in [0.2, 0.25) is 0 Å². The van der Waals surface area contributed by atoms with Gasteiger partial charge in [-0.2, -0.15) is 0 Å². The van der Waals surface area contributed by atoms with Gasteiger partial charge in [-0.05, 0) is 36.4 Å². The van der Waals surface area contributed by atoms with Crippen molar-refractivity contribution >= 4 is 17.9 Å². The number of carboxylic acid groups (broad SMARTS) is 3. The van der Waals surface area contributed by atoms with Crippen molar-refractivity contribution in [3.63, 3.8) is 0 Å². The van der Waals surface area contributed by atoms with E-state index in [4.69, 9.17) is 15.3 Å². The summed E-state index contributed by atoms with van der Waals surface area (Å²) in [5.41, 5.74) is 0.993. The molecular weight excluding hydrogens is 466 g/mol. The Labute approximate surface area is 188 Å². The summed E-state index contributed by atoms with van der Waals surface area (Å²) in [4.78, 5) is 30.6. The molecule has 3 rings (SSSR count). The van der Waals surface area contributed by atoms with Gasteiger partial charge in [-0.25, -0.2) is 14.4 Å². The molecule has 3 aromatic rings. The summed E-state index contributed by atoms with van der Waals surface area (Å²) >= 11 is 0. The number of carboxylic acids is 3. The third-order valence-corrected chi connectivity index (χ3v) is 3.06. The van der Waals surface area contributed by atoms with Gasteiger partial charge in [0.25, 0.3) is 0 Å². The number of benzene rings is 3. The van der Waals surface area contributed by atoms with Crippen molar-refractivity contribution in [1.82, 2.24) is 0 Å². The summed E-state index contributed by atoms with van der Waals surface area (Å²) in [5, 5.41) is 25.2. The molecule has 29 heavy (non-hydrogen) atoms. The third kappa shape index (κ3) is 12.2. The van der Waals surface area contributed by atoms with Gasteiger partial charge in [0, 0.05) is 33.3 Å². The van der Waals surface area contributed by atoms with Crippen molar-refractivity contribution in [2.45, 2.75) is 0 Å². The van der Waals surface area contributed by atoms with Gasteiger partial charge in [-0.1, -0.05) is 54.6 Å². The smallest absolute Gasteiger partial charge is 0.335 e. The van der Waals surface area contributed by atoms with Crippen molar-refractivity contribution in [2.75, 3.05) is 0 Å². The van der Waals surface area contributed by atoms with Crippen molar-refractivity contribution in [1.29, 1.82) is 0 Å². The van der Waals surface area contributed by atoms with E-state index < -0.39 is 17.9 Å². The minimum atomic E-state index is -0.879. The first-order chi connectivity index (χ1) is 12.9. The Balaban J connectivity index is 0. The van der Waals surface area contributed by atoms with E-state index in [-0.39, 0.29) is 33.3 Å². The molecule has 0 amide bonds. The molecular formula is C21H18CoNiO6. The van der Waals surface area contributed by atoms with Crippen LogP contribution in [-0.4, -0.2) is 33.2 Å². The summed E-state index contributed by atoms with van der Waals surface area (Å²) in [5.74, 6) is -2.64. The largest absolute Gasteiger partial charge is 0.478 e. The molecule has 0 bridgehead atoms. The van der Waals surface area contributed by atoms with Crippen LogP contribution in [0.1, 0.15) is 31.1 Å². The van der Waals surface area contributed by atoms with Crippen molar-refractivity contribution in [2.24, 2.45) is 0 Å². The quantitative estimate of drug-likeness (QED) is 0.482. The van der Waals surface area contributed by atoms with Crippen LogP contribution in [0.5, 0.6) is 0 Å². The van der Waals surface area contributed by atoms with E-state index in [1.807, 2.05) is 0 Å². The fourth-order valence-electron chi connectivity index (χ4n) is 1.74. The van der Waals surface area contributed by atoms with Crippen LogP contribution in [0.3, 0.4) is 0 Å². The van der Waals surface area contributed by atoms with Gasteiger partial charge in [0.1, 0.15) is 0 Å². The number of hydrogen-bond donors (Lipinski definition) is 3. The molecule has 0 saturated heterocycles. The Morgan fingerprint density at radius 3 is 0.724 bits per heavy atom. The molecule has 3 N–H and O–H groups in total. The molecule has 0 fully saturated rings. The molecule has 0 aliphatic rings. The summed E-state index contributed by atoms with van der Waals surface area (Å²) in [6.45, 7) is 0. The molecule has 1 radical (unpaired) electrons. The molecule has 3 aromatic carbocycles. The predicted octanol–water partition coefficient (Wildman–Crippen LogP) is 4.15. The van der Waals surface area contributed by atoms with E-state index in [0.29, 0.717) is 16.7 Å². The second kappa shape index (κ2) is 16.1. The third-order valence-electron chi connectivity index (χ3n) is 3.06. The van der Waals surface area contributed by atoms with E-state index in [1.165, 1.54) is 0 Å². The maximum absolute atomic E-state index is 10.2. The minimum Gasteiger partial charge on any atom is -0.478 e. The Hall–Kier alpha value is -2.93. The number of rotatable bonds is 3. The van der Waals surface area contributed by atoms with Gasteiger partial charge in [0.15, 0.2) is 0 Å². The number of aromatic carboxylic acids is 3. The Bertz CT molecular complexity index is 740. The molecule has 0 aliphatic heterocycles. The Morgan fingerprint density at radius 2 is 0.621 bits per heavy atom. The average Bonchev–Trinajstić information content (AvgIpc) is 2.71. The van der Waals surface area contributed by atoms with Crippen LogP contribution >= 0.6 is 0 Å². The van der Waals surface area contributed by atoms with Gasteiger partial charge >= 0.3 is 17.9 Å². The topological polar surface area (TPSA) is 112 Å². The van der Waals surface area contributed by atoms with E-state index in [1.54, 1.807) is 91.0 Å². The van der Waals surface area contributed by atoms with Crippen LogP contribution in [0.2, 0.25) is 0 Å². The van der Waals surface area contributed by atoms with E-state index in [0.717, 1.165) is 0 Å². The minimum absolute atomic E-state index is 0. The molecule has 157 valence electrons. The van der Waals surface area contributed by atoms with E-state index in [2.05, 4.69) is 0 Å². The predicted molar refractivity (Wildman–Crippen MR) is 100 cm³/mol. The zero-order valence-electron chi connectivity index (χ0n) is 14.9. The molecule has 0 saturated carbocycles. The van der Waals surface area contributed by atoms with Crippen LogP contribution in [0.15, 0.2) is 91.0 Å². The number of carbonyl (C=O) groups is 3. The maximum atomic E-state index is 10.2. The van der Waals surface area contributed by atoms with E-state index in [9.17, 15) is 14.4 Å². The summed E-state index contributed by atoms with van der Waals surface area (Å²) in [7, 11) is 0. The monoisotopic (exact) mass is 483 g/mol. The Kier molecular flexibility index (Phi) is 15.7. The van der Waals surface area contributed by atoms with Crippen LogP contribution in [0.4, 0.5) is 0 Å².